The van der Waals surface area contributed by atoms with Gasteiger partial charge in [0.25, 0.3) is 0 Å². The van der Waals surface area contributed by atoms with Crippen LogP contribution in [0.2, 0.25) is 0 Å². The lowest BCUT2D eigenvalue weighted by Gasteiger charge is -2.10. The molecule has 1 aliphatic rings. The zero-order chi connectivity index (χ0) is 22.1. The molecule has 0 aromatic heterocycles. The number of esters is 2. The third-order valence-corrected chi connectivity index (χ3v) is 6.75. The van der Waals surface area contributed by atoms with Gasteiger partial charge in [-0.1, -0.05) is 0 Å². The largest absolute Gasteiger partial charge is 0.463 e. The average Bonchev–Trinajstić information content (AvgIpc) is 3.06. The van der Waals surface area contributed by atoms with E-state index in [0.29, 0.717) is 0 Å². The first-order valence-electron chi connectivity index (χ1n) is 9.06. The number of ether oxygens (including phenoxy) is 3. The summed E-state index contributed by atoms with van der Waals surface area (Å²) < 4.78 is 40.1. The van der Waals surface area contributed by atoms with Crippen molar-refractivity contribution in [3.63, 3.8) is 0 Å². The second kappa shape index (κ2) is 11.2. The standard InChI is InChI=1S/C19H22O9S2/c1-29-12-17(22)27-10-8-26-9-11-28-19(23)13-2-4-14(5-3-13)30(24,25)18-15(20)6-7-16(18)21/h2-5,18H,6-12H2,1H3. The molecule has 11 heteroatoms. The number of ketones is 2. The van der Waals surface area contributed by atoms with Crippen LogP contribution in [0, 0.1) is 0 Å². The van der Waals surface area contributed by atoms with Gasteiger partial charge in [0.1, 0.15) is 13.2 Å². The molecule has 0 aliphatic heterocycles. The summed E-state index contributed by atoms with van der Waals surface area (Å²) in [7, 11) is -4.13. The van der Waals surface area contributed by atoms with E-state index < -0.39 is 32.6 Å². The van der Waals surface area contributed by atoms with Crippen LogP contribution < -0.4 is 0 Å². The van der Waals surface area contributed by atoms with Crippen LogP contribution in [-0.2, 0) is 38.4 Å². The zero-order valence-electron chi connectivity index (χ0n) is 16.3. The number of carbonyl (C=O) groups excluding carboxylic acids is 4. The van der Waals surface area contributed by atoms with Crippen LogP contribution in [0.25, 0.3) is 0 Å². The molecule has 1 saturated carbocycles. The summed E-state index contributed by atoms with van der Waals surface area (Å²) in [5, 5.41) is -1.66. The van der Waals surface area contributed by atoms with Crippen LogP contribution in [0.3, 0.4) is 0 Å². The van der Waals surface area contributed by atoms with Crippen molar-refractivity contribution in [1.29, 1.82) is 0 Å². The zero-order valence-corrected chi connectivity index (χ0v) is 18.0. The maximum absolute atomic E-state index is 12.5. The van der Waals surface area contributed by atoms with Crippen molar-refractivity contribution in [2.24, 2.45) is 0 Å². The van der Waals surface area contributed by atoms with Crippen molar-refractivity contribution in [1.82, 2.24) is 0 Å². The maximum Gasteiger partial charge on any atom is 0.338 e. The van der Waals surface area contributed by atoms with E-state index in [4.69, 9.17) is 14.2 Å². The summed E-state index contributed by atoms with van der Waals surface area (Å²) in [4.78, 5) is 46.4. The predicted molar refractivity (Wildman–Crippen MR) is 107 cm³/mol. The number of hydrogen-bond acceptors (Lipinski definition) is 10. The Balaban J connectivity index is 1.78. The minimum absolute atomic E-state index is 0.0390. The van der Waals surface area contributed by atoms with E-state index in [-0.39, 0.29) is 61.5 Å². The minimum Gasteiger partial charge on any atom is -0.463 e. The number of hydrogen-bond donors (Lipinski definition) is 0. The minimum atomic E-state index is -4.13. The summed E-state index contributed by atoms with van der Waals surface area (Å²) >= 11 is 1.36. The first-order valence-corrected chi connectivity index (χ1v) is 12.0. The molecule has 0 atom stereocenters. The lowest BCUT2D eigenvalue weighted by atomic mass is 10.2. The smallest absolute Gasteiger partial charge is 0.338 e. The highest BCUT2D eigenvalue weighted by atomic mass is 32.2. The molecule has 30 heavy (non-hydrogen) atoms. The maximum atomic E-state index is 12.5. The van der Waals surface area contributed by atoms with E-state index in [1.165, 1.54) is 36.0 Å². The fourth-order valence-electron chi connectivity index (χ4n) is 2.70. The Bertz CT molecular complexity index is 875. The van der Waals surface area contributed by atoms with Gasteiger partial charge in [0, 0.05) is 12.8 Å². The molecule has 0 bridgehead atoms. The summed E-state index contributed by atoms with van der Waals surface area (Å²) in [5.41, 5.74) is 0.115. The second-order valence-electron chi connectivity index (χ2n) is 6.28. The Morgan fingerprint density at radius 1 is 0.967 bits per heavy atom. The molecule has 0 heterocycles. The van der Waals surface area contributed by atoms with E-state index in [0.717, 1.165) is 0 Å². The van der Waals surface area contributed by atoms with Crippen LogP contribution in [-0.4, -0.2) is 75.6 Å². The Kier molecular flexibility index (Phi) is 9.00. The number of Topliss-reactive ketones (excluding diaryl/α,β-unsaturated/α-hetero) is 2. The van der Waals surface area contributed by atoms with Gasteiger partial charge in [-0.25, -0.2) is 13.2 Å². The van der Waals surface area contributed by atoms with Crippen molar-refractivity contribution >= 4 is 45.1 Å². The monoisotopic (exact) mass is 458 g/mol. The van der Waals surface area contributed by atoms with Crippen LogP contribution >= 0.6 is 11.8 Å². The molecule has 9 nitrogen and oxygen atoms in total. The van der Waals surface area contributed by atoms with Gasteiger partial charge in [-0.15, -0.1) is 0 Å². The lowest BCUT2D eigenvalue weighted by molar-refractivity contribution is -0.142. The van der Waals surface area contributed by atoms with Crippen molar-refractivity contribution in [2.75, 3.05) is 38.4 Å². The van der Waals surface area contributed by atoms with Gasteiger partial charge in [0.05, 0.1) is 29.4 Å². The third kappa shape index (κ3) is 6.38. The number of benzene rings is 1. The van der Waals surface area contributed by atoms with Gasteiger partial charge in [-0.05, 0) is 30.5 Å². The number of carbonyl (C=O) groups is 4. The highest BCUT2D eigenvalue weighted by Gasteiger charge is 2.43. The summed E-state index contributed by atoms with van der Waals surface area (Å²) in [6, 6.07) is 4.85. The number of rotatable bonds is 11. The Labute approximate surface area is 178 Å². The molecule has 1 aromatic rings. The predicted octanol–water partition coefficient (Wildman–Crippen LogP) is 0.840. The molecule has 0 unspecified atom stereocenters. The van der Waals surface area contributed by atoms with Crippen LogP contribution in [0.4, 0.5) is 0 Å². The quantitative estimate of drug-likeness (QED) is 0.267. The summed E-state index contributed by atoms with van der Waals surface area (Å²) in [6.45, 7) is 0.338. The molecular weight excluding hydrogens is 436 g/mol. The summed E-state index contributed by atoms with van der Waals surface area (Å²) in [6.07, 6.45) is 1.64. The first kappa shape index (κ1) is 24.0. The van der Waals surface area contributed by atoms with E-state index in [1.54, 1.807) is 6.26 Å². The van der Waals surface area contributed by atoms with Crippen LogP contribution in [0.15, 0.2) is 29.2 Å². The second-order valence-corrected chi connectivity index (χ2v) is 9.18. The van der Waals surface area contributed by atoms with Crippen molar-refractivity contribution in [3.05, 3.63) is 29.8 Å². The molecule has 0 spiro atoms. The van der Waals surface area contributed by atoms with Gasteiger partial charge >= 0.3 is 11.9 Å². The fraction of sp³-hybridized carbons (Fsp3) is 0.474. The molecule has 1 fully saturated rings. The Hall–Kier alpha value is -2.24. The molecule has 0 N–H and O–H groups in total. The molecule has 164 valence electrons. The van der Waals surface area contributed by atoms with Gasteiger partial charge in [0.15, 0.2) is 26.7 Å². The topological polar surface area (TPSA) is 130 Å². The Morgan fingerprint density at radius 2 is 1.53 bits per heavy atom. The fourth-order valence-corrected chi connectivity index (χ4v) is 4.74. The molecule has 0 radical (unpaired) electrons. The van der Waals surface area contributed by atoms with Crippen molar-refractivity contribution in [3.8, 4) is 0 Å². The molecular formula is C19H22O9S2. The summed E-state index contributed by atoms with van der Waals surface area (Å²) in [5.74, 6) is -1.96. The van der Waals surface area contributed by atoms with E-state index in [9.17, 15) is 27.6 Å². The lowest BCUT2D eigenvalue weighted by Crippen LogP contribution is -2.31. The highest BCUT2D eigenvalue weighted by molar-refractivity contribution is 7.99. The van der Waals surface area contributed by atoms with Gasteiger partial charge in [-0.3, -0.25) is 14.4 Å². The average molecular weight is 459 g/mol. The van der Waals surface area contributed by atoms with E-state index in [2.05, 4.69) is 0 Å². The first-order chi connectivity index (χ1) is 14.3. The molecule has 0 saturated heterocycles. The SMILES string of the molecule is CSCC(=O)OCCOCCOC(=O)c1ccc(S(=O)(=O)C2C(=O)CCC2=O)cc1. The van der Waals surface area contributed by atoms with E-state index >= 15 is 0 Å². The third-order valence-electron chi connectivity index (χ3n) is 4.15. The van der Waals surface area contributed by atoms with Gasteiger partial charge in [-0.2, -0.15) is 11.8 Å². The normalized spacial score (nSPS) is 14.7. The molecule has 1 aromatic carbocycles. The van der Waals surface area contributed by atoms with E-state index in [1.807, 2.05) is 0 Å². The van der Waals surface area contributed by atoms with Gasteiger partial charge in [0.2, 0.25) is 0 Å². The number of sulfone groups is 1. The highest BCUT2D eigenvalue weighted by Crippen LogP contribution is 2.25. The molecule has 2 rings (SSSR count). The van der Waals surface area contributed by atoms with Crippen LogP contribution in [0.1, 0.15) is 23.2 Å². The van der Waals surface area contributed by atoms with Crippen LogP contribution in [0.5, 0.6) is 0 Å². The van der Waals surface area contributed by atoms with Crippen molar-refractivity contribution in [2.45, 2.75) is 23.0 Å². The molecule has 1 aliphatic carbocycles. The van der Waals surface area contributed by atoms with Crippen molar-refractivity contribution < 1.29 is 41.8 Å². The number of thioether (sulfide) groups is 1. The molecule has 0 amide bonds. The van der Waals surface area contributed by atoms with Gasteiger partial charge < -0.3 is 14.2 Å². The Morgan fingerprint density at radius 3 is 2.10 bits per heavy atom.